The first-order chi connectivity index (χ1) is 10.3. The molecule has 0 aromatic heterocycles. The summed E-state index contributed by atoms with van der Waals surface area (Å²) in [5.41, 5.74) is 1.40. The first-order valence-corrected chi connectivity index (χ1v) is 8.13. The highest BCUT2D eigenvalue weighted by Crippen LogP contribution is 2.20. The molecule has 1 fully saturated rings. The fourth-order valence-corrected chi connectivity index (χ4v) is 2.83. The van der Waals surface area contributed by atoms with Crippen LogP contribution in [0.2, 0.25) is 0 Å². The number of aliphatic imine (C=N–C) groups is 1. The Morgan fingerprint density at radius 2 is 1.86 bits per heavy atom. The predicted octanol–water partition coefficient (Wildman–Crippen LogP) is 2.84. The highest BCUT2D eigenvalue weighted by atomic mass is 127. The summed E-state index contributed by atoms with van der Waals surface area (Å²) in [6, 6.07) is 11.3. The molecule has 1 aliphatic rings. The zero-order valence-electron chi connectivity index (χ0n) is 13.7. The lowest BCUT2D eigenvalue weighted by molar-refractivity contribution is 0.250. The van der Waals surface area contributed by atoms with E-state index in [-0.39, 0.29) is 24.0 Å². The molecule has 0 spiro atoms. The molecule has 2 N–H and O–H groups in total. The molecule has 1 aromatic carbocycles. The molecule has 2 rings (SSSR count). The van der Waals surface area contributed by atoms with Gasteiger partial charge in [0.25, 0.3) is 0 Å². The number of likely N-dealkylation sites (tertiary alicyclic amines) is 1. The summed E-state index contributed by atoms with van der Waals surface area (Å²) in [5, 5.41) is 6.58. The van der Waals surface area contributed by atoms with Gasteiger partial charge in [-0.05, 0) is 38.8 Å². The lowest BCUT2D eigenvalue weighted by Crippen LogP contribution is -2.39. The van der Waals surface area contributed by atoms with Crippen LogP contribution < -0.4 is 10.6 Å². The maximum Gasteiger partial charge on any atom is 0.191 e. The van der Waals surface area contributed by atoms with Gasteiger partial charge in [0.05, 0.1) is 6.54 Å². The molecule has 1 saturated heterocycles. The van der Waals surface area contributed by atoms with E-state index >= 15 is 0 Å². The van der Waals surface area contributed by atoms with Gasteiger partial charge in [0.2, 0.25) is 0 Å². The van der Waals surface area contributed by atoms with Gasteiger partial charge in [0.1, 0.15) is 0 Å². The molecule has 1 atom stereocenters. The van der Waals surface area contributed by atoms with Crippen LogP contribution in [0, 0.1) is 0 Å². The van der Waals surface area contributed by atoms with Gasteiger partial charge in [0.15, 0.2) is 5.96 Å². The van der Waals surface area contributed by atoms with Crippen LogP contribution in [0.15, 0.2) is 35.3 Å². The van der Waals surface area contributed by atoms with Crippen molar-refractivity contribution < 1.29 is 0 Å². The van der Waals surface area contributed by atoms with E-state index < -0.39 is 0 Å². The molecule has 0 radical (unpaired) electrons. The van der Waals surface area contributed by atoms with Crippen molar-refractivity contribution in [3.05, 3.63) is 35.9 Å². The van der Waals surface area contributed by atoms with Crippen LogP contribution in [-0.2, 0) is 6.54 Å². The Morgan fingerprint density at radius 1 is 1.18 bits per heavy atom. The quantitative estimate of drug-likeness (QED) is 0.426. The number of guanidine groups is 1. The van der Waals surface area contributed by atoms with Crippen LogP contribution >= 0.6 is 24.0 Å². The summed E-state index contributed by atoms with van der Waals surface area (Å²) in [6.45, 7) is 9.12. The SMILES string of the molecule is CCNC(=NCC1CCCN1Cc1ccccc1)NCC.I. The van der Waals surface area contributed by atoms with Crippen LogP contribution in [0.3, 0.4) is 0 Å². The Bertz CT molecular complexity index is 428. The summed E-state index contributed by atoms with van der Waals surface area (Å²) in [5.74, 6) is 0.937. The van der Waals surface area contributed by atoms with E-state index in [0.29, 0.717) is 6.04 Å². The van der Waals surface area contributed by atoms with E-state index in [1.807, 2.05) is 0 Å². The van der Waals surface area contributed by atoms with E-state index in [2.05, 4.69) is 59.7 Å². The van der Waals surface area contributed by atoms with Gasteiger partial charge in [-0.1, -0.05) is 30.3 Å². The largest absolute Gasteiger partial charge is 0.357 e. The average molecular weight is 416 g/mol. The molecular weight excluding hydrogens is 387 g/mol. The molecule has 4 nitrogen and oxygen atoms in total. The van der Waals surface area contributed by atoms with Crippen LogP contribution in [0.1, 0.15) is 32.3 Å². The normalized spacial score (nSPS) is 17.6. The third-order valence-electron chi connectivity index (χ3n) is 3.88. The summed E-state index contributed by atoms with van der Waals surface area (Å²) in [4.78, 5) is 7.29. The van der Waals surface area contributed by atoms with Gasteiger partial charge in [-0.25, -0.2) is 0 Å². The van der Waals surface area contributed by atoms with E-state index in [1.165, 1.54) is 24.9 Å². The molecule has 0 bridgehead atoms. The number of hydrogen-bond acceptors (Lipinski definition) is 2. The minimum atomic E-state index is 0. The van der Waals surface area contributed by atoms with Gasteiger partial charge in [-0.3, -0.25) is 9.89 Å². The van der Waals surface area contributed by atoms with E-state index in [1.54, 1.807) is 0 Å². The molecule has 1 unspecified atom stereocenters. The van der Waals surface area contributed by atoms with Gasteiger partial charge in [-0.2, -0.15) is 0 Å². The summed E-state index contributed by atoms with van der Waals surface area (Å²) >= 11 is 0. The Balaban J connectivity index is 0.00000242. The van der Waals surface area contributed by atoms with E-state index in [0.717, 1.165) is 32.1 Å². The van der Waals surface area contributed by atoms with Gasteiger partial charge >= 0.3 is 0 Å². The number of halogens is 1. The smallest absolute Gasteiger partial charge is 0.191 e. The predicted molar refractivity (Wildman–Crippen MR) is 105 cm³/mol. The minimum Gasteiger partial charge on any atom is -0.357 e. The second kappa shape index (κ2) is 10.8. The fraction of sp³-hybridized carbons (Fsp3) is 0.588. The molecule has 1 aliphatic heterocycles. The molecule has 0 aliphatic carbocycles. The van der Waals surface area contributed by atoms with Crippen LogP contribution in [0.25, 0.3) is 0 Å². The van der Waals surface area contributed by atoms with E-state index in [4.69, 9.17) is 4.99 Å². The molecular formula is C17H29IN4. The van der Waals surface area contributed by atoms with Gasteiger partial charge < -0.3 is 10.6 Å². The van der Waals surface area contributed by atoms with Crippen LogP contribution in [-0.4, -0.2) is 43.1 Å². The number of rotatable bonds is 6. The summed E-state index contributed by atoms with van der Waals surface area (Å²) in [6.07, 6.45) is 2.53. The van der Waals surface area contributed by atoms with Crippen molar-refractivity contribution in [2.75, 3.05) is 26.2 Å². The highest BCUT2D eigenvalue weighted by molar-refractivity contribution is 14.0. The molecule has 0 amide bonds. The van der Waals surface area contributed by atoms with Crippen molar-refractivity contribution in [3.63, 3.8) is 0 Å². The second-order valence-electron chi connectivity index (χ2n) is 5.50. The van der Waals surface area contributed by atoms with Gasteiger partial charge in [-0.15, -0.1) is 24.0 Å². The number of benzene rings is 1. The lowest BCUT2D eigenvalue weighted by Gasteiger charge is -2.23. The Morgan fingerprint density at radius 3 is 2.50 bits per heavy atom. The van der Waals surface area contributed by atoms with Gasteiger partial charge in [0, 0.05) is 25.7 Å². The molecule has 1 heterocycles. The Kier molecular flexibility index (Phi) is 9.47. The van der Waals surface area contributed by atoms with Crippen molar-refractivity contribution in [2.45, 2.75) is 39.3 Å². The lowest BCUT2D eigenvalue weighted by atomic mass is 10.2. The summed E-state index contributed by atoms with van der Waals surface area (Å²) < 4.78 is 0. The zero-order valence-corrected chi connectivity index (χ0v) is 16.0. The standard InChI is InChI=1S/C17H28N4.HI/c1-3-18-17(19-4-2)20-13-16-11-8-12-21(16)14-15-9-6-5-7-10-15;/h5-7,9-10,16H,3-4,8,11-14H2,1-2H3,(H2,18,19,20);1H. The number of nitrogens with one attached hydrogen (secondary N) is 2. The molecule has 5 heteroatoms. The third kappa shape index (κ3) is 6.12. The molecule has 22 heavy (non-hydrogen) atoms. The molecule has 0 saturated carbocycles. The van der Waals surface area contributed by atoms with Crippen LogP contribution in [0.5, 0.6) is 0 Å². The van der Waals surface area contributed by atoms with Crippen LogP contribution in [0.4, 0.5) is 0 Å². The number of nitrogens with zero attached hydrogens (tertiary/aromatic N) is 2. The zero-order chi connectivity index (χ0) is 14.9. The van der Waals surface area contributed by atoms with Crippen molar-refractivity contribution >= 4 is 29.9 Å². The molecule has 124 valence electrons. The first-order valence-electron chi connectivity index (χ1n) is 8.13. The summed E-state index contributed by atoms with van der Waals surface area (Å²) in [7, 11) is 0. The maximum absolute atomic E-state index is 4.73. The average Bonchev–Trinajstić information content (AvgIpc) is 2.93. The topological polar surface area (TPSA) is 39.7 Å². The van der Waals surface area contributed by atoms with Crippen molar-refractivity contribution in [2.24, 2.45) is 4.99 Å². The van der Waals surface area contributed by atoms with Crippen molar-refractivity contribution in [1.82, 2.24) is 15.5 Å². The first kappa shape index (κ1) is 19.2. The molecule has 1 aromatic rings. The fourth-order valence-electron chi connectivity index (χ4n) is 2.83. The van der Waals surface area contributed by atoms with Crippen molar-refractivity contribution in [3.8, 4) is 0 Å². The second-order valence-corrected chi connectivity index (χ2v) is 5.50. The third-order valence-corrected chi connectivity index (χ3v) is 3.88. The monoisotopic (exact) mass is 416 g/mol. The number of hydrogen-bond donors (Lipinski definition) is 2. The highest BCUT2D eigenvalue weighted by Gasteiger charge is 2.24. The van der Waals surface area contributed by atoms with E-state index in [9.17, 15) is 0 Å². The Labute approximate surface area is 151 Å². The Hall–Kier alpha value is -0.820. The maximum atomic E-state index is 4.73. The van der Waals surface area contributed by atoms with Crippen molar-refractivity contribution in [1.29, 1.82) is 0 Å². The minimum absolute atomic E-state index is 0.